The van der Waals surface area contributed by atoms with Crippen LogP contribution in [0.5, 0.6) is 0 Å². The van der Waals surface area contributed by atoms with E-state index >= 15 is 0 Å². The average molecular weight is 188 g/mol. The predicted octanol–water partition coefficient (Wildman–Crippen LogP) is 3.26. The fourth-order valence-corrected chi connectivity index (χ4v) is 2.26. The third-order valence-electron chi connectivity index (χ3n) is 3.30. The first-order valence-electron chi connectivity index (χ1n) is 5.31. The zero-order valence-electron chi connectivity index (χ0n) is 8.79. The van der Waals surface area contributed by atoms with Gasteiger partial charge in [0.2, 0.25) is 0 Å². The third kappa shape index (κ3) is 1.47. The van der Waals surface area contributed by atoms with Crippen LogP contribution in [0.2, 0.25) is 0 Å². The summed E-state index contributed by atoms with van der Waals surface area (Å²) < 4.78 is 0. The molecule has 2 atom stereocenters. The van der Waals surface area contributed by atoms with Crippen molar-refractivity contribution in [3.05, 3.63) is 35.4 Å². The van der Waals surface area contributed by atoms with Gasteiger partial charge in [-0.3, -0.25) is 4.79 Å². The number of ketones is 1. The molecule has 0 aromatic heterocycles. The molecule has 2 rings (SSSR count). The second-order valence-corrected chi connectivity index (χ2v) is 4.26. The van der Waals surface area contributed by atoms with Crippen LogP contribution in [0, 0.1) is 0 Å². The van der Waals surface area contributed by atoms with E-state index in [0.29, 0.717) is 11.7 Å². The highest BCUT2D eigenvalue weighted by atomic mass is 16.1. The second kappa shape index (κ2) is 3.56. The van der Waals surface area contributed by atoms with Gasteiger partial charge in [0.05, 0.1) is 0 Å². The molecular formula is C13H16O. The standard InChI is InChI=1S/C13H16O/c1-9-7-8-13(14)10(2)12-6-4-3-5-11(9)12/h3-6,9-10H,7-8H2,1-2H3. The number of rotatable bonds is 0. The minimum Gasteiger partial charge on any atom is -0.299 e. The number of benzene rings is 1. The molecule has 1 aromatic rings. The maximum Gasteiger partial charge on any atom is 0.140 e. The average Bonchev–Trinajstić information content (AvgIpc) is 2.33. The van der Waals surface area contributed by atoms with Crippen LogP contribution in [0.15, 0.2) is 24.3 Å². The first-order valence-corrected chi connectivity index (χ1v) is 5.31. The van der Waals surface area contributed by atoms with E-state index in [9.17, 15) is 4.79 Å². The lowest BCUT2D eigenvalue weighted by Gasteiger charge is -2.13. The Bertz CT molecular complexity index is 354. The highest BCUT2D eigenvalue weighted by molar-refractivity contribution is 5.86. The molecule has 0 fully saturated rings. The molecule has 14 heavy (non-hydrogen) atoms. The van der Waals surface area contributed by atoms with E-state index in [2.05, 4.69) is 25.1 Å². The number of Topliss-reactive ketones (excluding diaryl/α,β-unsaturated/α-hetero) is 1. The van der Waals surface area contributed by atoms with Crippen LogP contribution in [-0.2, 0) is 4.79 Å². The Hall–Kier alpha value is -1.11. The molecule has 0 saturated heterocycles. The van der Waals surface area contributed by atoms with Gasteiger partial charge in [-0.05, 0) is 23.5 Å². The van der Waals surface area contributed by atoms with Crippen molar-refractivity contribution in [2.24, 2.45) is 0 Å². The van der Waals surface area contributed by atoms with E-state index in [4.69, 9.17) is 0 Å². The van der Waals surface area contributed by atoms with Crippen molar-refractivity contribution >= 4 is 5.78 Å². The Morgan fingerprint density at radius 3 is 2.50 bits per heavy atom. The number of carbonyl (C=O) groups excluding carboxylic acids is 1. The van der Waals surface area contributed by atoms with E-state index in [1.165, 1.54) is 11.1 Å². The number of hydrogen-bond donors (Lipinski definition) is 0. The summed E-state index contributed by atoms with van der Waals surface area (Å²) in [6.45, 7) is 4.24. The van der Waals surface area contributed by atoms with Crippen molar-refractivity contribution in [3.63, 3.8) is 0 Å². The fourth-order valence-electron chi connectivity index (χ4n) is 2.26. The SMILES string of the molecule is CC1CCC(=O)C(C)c2ccccc21. The summed E-state index contributed by atoms with van der Waals surface area (Å²) in [6.07, 6.45) is 1.73. The molecule has 0 heterocycles. The largest absolute Gasteiger partial charge is 0.299 e. The van der Waals surface area contributed by atoms with Gasteiger partial charge in [0.1, 0.15) is 5.78 Å². The topological polar surface area (TPSA) is 17.1 Å². The predicted molar refractivity (Wildman–Crippen MR) is 57.5 cm³/mol. The highest BCUT2D eigenvalue weighted by Crippen LogP contribution is 2.34. The highest BCUT2D eigenvalue weighted by Gasteiger charge is 2.24. The maximum atomic E-state index is 11.7. The van der Waals surface area contributed by atoms with Crippen molar-refractivity contribution in [3.8, 4) is 0 Å². The minimum absolute atomic E-state index is 0.0937. The van der Waals surface area contributed by atoms with Gasteiger partial charge in [0.25, 0.3) is 0 Å². The first kappa shape index (κ1) is 9.45. The molecular weight excluding hydrogens is 172 g/mol. The molecule has 0 N–H and O–H groups in total. The summed E-state index contributed by atoms with van der Waals surface area (Å²) in [6, 6.07) is 8.35. The molecule has 1 aliphatic carbocycles. The molecule has 0 saturated carbocycles. The summed E-state index contributed by atoms with van der Waals surface area (Å²) >= 11 is 0. The van der Waals surface area contributed by atoms with E-state index in [1.54, 1.807) is 0 Å². The minimum atomic E-state index is 0.0937. The molecule has 2 unspecified atom stereocenters. The molecule has 0 amide bonds. The van der Waals surface area contributed by atoms with Crippen LogP contribution in [0.3, 0.4) is 0 Å². The summed E-state index contributed by atoms with van der Waals surface area (Å²) in [5.41, 5.74) is 2.60. The van der Waals surface area contributed by atoms with Gasteiger partial charge in [0, 0.05) is 12.3 Å². The Balaban J connectivity index is 2.51. The lowest BCUT2D eigenvalue weighted by atomic mass is 9.91. The van der Waals surface area contributed by atoms with Crippen LogP contribution >= 0.6 is 0 Å². The maximum absolute atomic E-state index is 11.7. The van der Waals surface area contributed by atoms with E-state index in [0.717, 1.165) is 12.8 Å². The zero-order chi connectivity index (χ0) is 10.1. The second-order valence-electron chi connectivity index (χ2n) is 4.26. The molecule has 0 radical (unpaired) electrons. The van der Waals surface area contributed by atoms with E-state index in [1.807, 2.05) is 13.0 Å². The van der Waals surface area contributed by atoms with E-state index in [-0.39, 0.29) is 5.92 Å². The van der Waals surface area contributed by atoms with Crippen LogP contribution in [0.4, 0.5) is 0 Å². The first-order chi connectivity index (χ1) is 6.70. The smallest absolute Gasteiger partial charge is 0.140 e. The molecule has 1 heteroatoms. The van der Waals surface area contributed by atoms with Gasteiger partial charge in [-0.25, -0.2) is 0 Å². The van der Waals surface area contributed by atoms with Crippen LogP contribution in [-0.4, -0.2) is 5.78 Å². The number of fused-ring (bicyclic) bond motifs is 1. The van der Waals surface area contributed by atoms with Gasteiger partial charge in [-0.2, -0.15) is 0 Å². The van der Waals surface area contributed by atoms with Crippen LogP contribution in [0.1, 0.15) is 49.7 Å². The van der Waals surface area contributed by atoms with E-state index < -0.39 is 0 Å². The number of carbonyl (C=O) groups is 1. The quantitative estimate of drug-likeness (QED) is 0.571. The summed E-state index contributed by atoms with van der Waals surface area (Å²) in [4.78, 5) is 11.7. The summed E-state index contributed by atoms with van der Waals surface area (Å²) in [5.74, 6) is 1.01. The fraction of sp³-hybridized carbons (Fsp3) is 0.462. The molecule has 1 aromatic carbocycles. The Labute approximate surface area is 85.1 Å². The van der Waals surface area contributed by atoms with Gasteiger partial charge < -0.3 is 0 Å². The molecule has 74 valence electrons. The molecule has 1 aliphatic rings. The molecule has 0 aliphatic heterocycles. The summed E-state index contributed by atoms with van der Waals surface area (Å²) in [5, 5.41) is 0. The van der Waals surface area contributed by atoms with Crippen molar-refractivity contribution < 1.29 is 4.79 Å². The zero-order valence-corrected chi connectivity index (χ0v) is 8.79. The van der Waals surface area contributed by atoms with Crippen LogP contribution in [0.25, 0.3) is 0 Å². The number of hydrogen-bond acceptors (Lipinski definition) is 1. The van der Waals surface area contributed by atoms with Crippen molar-refractivity contribution in [1.29, 1.82) is 0 Å². The summed E-state index contributed by atoms with van der Waals surface area (Å²) in [7, 11) is 0. The van der Waals surface area contributed by atoms with Gasteiger partial charge in [-0.15, -0.1) is 0 Å². The van der Waals surface area contributed by atoms with Gasteiger partial charge in [0.15, 0.2) is 0 Å². The van der Waals surface area contributed by atoms with Crippen LogP contribution < -0.4 is 0 Å². The Morgan fingerprint density at radius 1 is 1.14 bits per heavy atom. The Kier molecular flexibility index (Phi) is 2.40. The third-order valence-corrected chi connectivity index (χ3v) is 3.30. The molecule has 0 bridgehead atoms. The van der Waals surface area contributed by atoms with Gasteiger partial charge >= 0.3 is 0 Å². The Morgan fingerprint density at radius 2 is 1.79 bits per heavy atom. The normalized spacial score (nSPS) is 26.9. The lowest BCUT2D eigenvalue weighted by molar-refractivity contribution is -0.120. The van der Waals surface area contributed by atoms with Crippen molar-refractivity contribution in [1.82, 2.24) is 0 Å². The van der Waals surface area contributed by atoms with Crippen molar-refractivity contribution in [2.75, 3.05) is 0 Å². The monoisotopic (exact) mass is 188 g/mol. The molecule has 1 nitrogen and oxygen atoms in total. The molecule has 0 spiro atoms. The lowest BCUT2D eigenvalue weighted by Crippen LogP contribution is -2.06. The van der Waals surface area contributed by atoms with Crippen molar-refractivity contribution in [2.45, 2.75) is 38.5 Å². The van der Waals surface area contributed by atoms with Gasteiger partial charge in [-0.1, -0.05) is 38.1 Å².